The summed E-state index contributed by atoms with van der Waals surface area (Å²) in [5, 5.41) is 12.9. The highest BCUT2D eigenvalue weighted by Crippen LogP contribution is 2.38. The molecule has 3 aromatic carbocycles. The Morgan fingerprint density at radius 1 is 1.00 bits per heavy atom. The van der Waals surface area contributed by atoms with Gasteiger partial charge in [-0.15, -0.1) is 0 Å². The van der Waals surface area contributed by atoms with Gasteiger partial charge >= 0.3 is 0 Å². The number of fused-ring (bicyclic) bond motifs is 2. The first-order valence-electron chi connectivity index (χ1n) is 18.6. The zero-order valence-corrected chi connectivity index (χ0v) is 31.6. The van der Waals surface area contributed by atoms with Gasteiger partial charge in [0.05, 0.1) is 24.0 Å². The number of imide groups is 1. The number of aryl methyl sites for hydroxylation is 1. The molecule has 3 aliphatic heterocycles. The fraction of sp³-hybridized carbons (Fsp3) is 0.341. The number of carbonyl (C=O) groups is 3. The van der Waals surface area contributed by atoms with Crippen molar-refractivity contribution in [1.29, 1.82) is 0 Å². The Morgan fingerprint density at radius 3 is 2.55 bits per heavy atom. The van der Waals surface area contributed by atoms with E-state index in [1.807, 2.05) is 11.0 Å². The molecule has 12 nitrogen and oxygen atoms in total. The van der Waals surface area contributed by atoms with Gasteiger partial charge < -0.3 is 24.4 Å². The summed E-state index contributed by atoms with van der Waals surface area (Å²) in [6, 6.07) is 11.0. The van der Waals surface area contributed by atoms with E-state index in [2.05, 4.69) is 20.8 Å². The van der Waals surface area contributed by atoms with Crippen molar-refractivity contribution in [2.45, 2.75) is 51.1 Å². The van der Waals surface area contributed by atoms with Gasteiger partial charge in [0.2, 0.25) is 11.8 Å². The zero-order chi connectivity index (χ0) is 39.2. The number of piperidine rings is 2. The van der Waals surface area contributed by atoms with E-state index >= 15 is 8.78 Å². The number of carbonyl (C=O) groups excluding carboxylic acids is 3. The minimum absolute atomic E-state index is 0.0810. The van der Waals surface area contributed by atoms with Gasteiger partial charge in [0, 0.05) is 68.0 Å². The van der Waals surface area contributed by atoms with E-state index in [-0.39, 0.29) is 58.3 Å². The molecule has 2 aromatic heterocycles. The van der Waals surface area contributed by atoms with Crippen molar-refractivity contribution in [3.8, 4) is 16.9 Å². The predicted molar refractivity (Wildman–Crippen MR) is 208 cm³/mol. The molecule has 290 valence electrons. The van der Waals surface area contributed by atoms with Gasteiger partial charge in [0.15, 0.2) is 0 Å². The Kier molecular flexibility index (Phi) is 10.00. The number of methoxy groups -OCH3 is 1. The minimum atomic E-state index is -0.593. The van der Waals surface area contributed by atoms with Gasteiger partial charge in [-0.25, -0.2) is 8.78 Å². The monoisotopic (exact) mass is 783 g/mol. The smallest absolute Gasteiger partial charge is 0.276 e. The molecule has 1 atom stereocenters. The number of amides is 3. The third-order valence-electron chi connectivity index (χ3n) is 11.3. The average Bonchev–Trinajstić information content (AvgIpc) is 3.69. The highest BCUT2D eigenvalue weighted by molar-refractivity contribution is 6.34. The number of hydrogen-bond acceptors (Lipinski definition) is 8. The molecule has 3 N–H and O–H groups in total. The van der Waals surface area contributed by atoms with Crippen LogP contribution in [-0.2, 0) is 36.0 Å². The number of ether oxygens (including phenoxy) is 1. The van der Waals surface area contributed by atoms with Gasteiger partial charge in [-0.1, -0.05) is 17.7 Å². The maximum atomic E-state index is 15.5. The van der Waals surface area contributed by atoms with E-state index in [0.29, 0.717) is 77.4 Å². The SMILES string of the molecule is COc1cc(-c2cn(C)c(=O)c3[nH]ncc23)cc(Cl)c1C(=O)N1CCc2c(CC3CCN(c4ccc(NC5CCC(=O)NC5=O)cc4F)CC3)ccc(F)c2C1. The van der Waals surface area contributed by atoms with E-state index in [9.17, 15) is 19.2 Å². The first-order chi connectivity index (χ1) is 27.0. The molecule has 0 spiro atoms. The molecule has 5 heterocycles. The normalized spacial score (nSPS) is 17.6. The lowest BCUT2D eigenvalue weighted by molar-refractivity contribution is -0.133. The molecule has 2 fully saturated rings. The summed E-state index contributed by atoms with van der Waals surface area (Å²) in [5.41, 5.74) is 5.07. The third-order valence-corrected chi connectivity index (χ3v) is 11.6. The lowest BCUT2D eigenvalue weighted by Gasteiger charge is -2.35. The van der Waals surface area contributed by atoms with Crippen molar-refractivity contribution < 1.29 is 27.9 Å². The first kappa shape index (κ1) is 37.2. The molecule has 56 heavy (non-hydrogen) atoms. The van der Waals surface area contributed by atoms with Crippen LogP contribution in [0.3, 0.4) is 0 Å². The summed E-state index contributed by atoms with van der Waals surface area (Å²) < 4.78 is 37.9. The highest BCUT2D eigenvalue weighted by atomic mass is 35.5. The van der Waals surface area contributed by atoms with Gasteiger partial charge in [0.25, 0.3) is 11.5 Å². The summed E-state index contributed by atoms with van der Waals surface area (Å²) in [6.45, 7) is 1.76. The zero-order valence-electron chi connectivity index (χ0n) is 30.9. The van der Waals surface area contributed by atoms with E-state index in [1.54, 1.807) is 48.6 Å². The molecular weight excluding hydrogens is 744 g/mol. The molecule has 0 saturated carbocycles. The van der Waals surface area contributed by atoms with Gasteiger partial charge in [0.1, 0.15) is 34.5 Å². The number of benzene rings is 3. The number of anilines is 2. The van der Waals surface area contributed by atoms with Crippen molar-refractivity contribution in [3.63, 3.8) is 0 Å². The van der Waals surface area contributed by atoms with Gasteiger partial charge in [-0.2, -0.15) is 5.10 Å². The maximum absolute atomic E-state index is 15.5. The molecule has 1 unspecified atom stereocenters. The molecule has 0 radical (unpaired) electrons. The fourth-order valence-corrected chi connectivity index (χ4v) is 8.59. The number of rotatable bonds is 8. The Hall–Kier alpha value is -5.76. The topological polar surface area (TPSA) is 142 Å². The van der Waals surface area contributed by atoms with Gasteiger partial charge in [-0.05, 0) is 91.1 Å². The largest absolute Gasteiger partial charge is 0.496 e. The average molecular weight is 784 g/mol. The summed E-state index contributed by atoms with van der Waals surface area (Å²) in [6.07, 6.45) is 6.71. The van der Waals surface area contributed by atoms with Gasteiger partial charge in [-0.3, -0.25) is 29.6 Å². The number of nitrogens with zero attached hydrogens (tertiary/aromatic N) is 4. The summed E-state index contributed by atoms with van der Waals surface area (Å²) in [7, 11) is 3.10. The predicted octanol–water partition coefficient (Wildman–Crippen LogP) is 5.74. The van der Waals surface area contributed by atoms with Crippen LogP contribution in [0.1, 0.15) is 52.7 Å². The molecule has 15 heteroatoms. The van der Waals surface area contributed by atoms with Crippen LogP contribution in [0.15, 0.2) is 59.7 Å². The summed E-state index contributed by atoms with van der Waals surface area (Å²) in [5.74, 6) is -1.27. The molecule has 8 rings (SSSR count). The van der Waals surface area contributed by atoms with Crippen LogP contribution in [0.2, 0.25) is 5.02 Å². The third kappa shape index (κ3) is 6.97. The number of hydrogen-bond donors (Lipinski definition) is 3. The van der Waals surface area contributed by atoms with Crippen LogP contribution in [0.5, 0.6) is 5.75 Å². The Labute approximate surface area is 325 Å². The van der Waals surface area contributed by atoms with Crippen molar-refractivity contribution in [2.75, 3.05) is 37.0 Å². The standard InChI is InChI=1S/C41H40ClF2N7O5/c1-49-20-28(27-19-45-48-38(27)41(49)55)24-16-30(42)37(35(17-24)56-2)40(54)51-14-11-26-23(3-5-31(43)29(26)21-51)15-22-9-12-50(13-10-22)34-7-4-25(18-32(34)44)46-33-6-8-36(52)47-39(33)53/h3-5,7,16-20,22,33,46H,6,8-15,21H2,1-2H3,(H,45,48)(H,47,52,53). The summed E-state index contributed by atoms with van der Waals surface area (Å²) in [4.78, 5) is 53.9. The highest BCUT2D eigenvalue weighted by Gasteiger charge is 2.31. The lowest BCUT2D eigenvalue weighted by Crippen LogP contribution is -2.47. The Balaban J connectivity index is 0.934. The number of halogens is 3. The van der Waals surface area contributed by atoms with Crippen molar-refractivity contribution in [1.82, 2.24) is 25.0 Å². The number of nitrogens with one attached hydrogen (secondary N) is 3. The second-order valence-corrected chi connectivity index (χ2v) is 15.1. The fourth-order valence-electron chi connectivity index (χ4n) is 8.30. The van der Waals surface area contributed by atoms with Crippen LogP contribution in [-0.4, -0.2) is 70.2 Å². The number of aromatic amines is 1. The second kappa shape index (κ2) is 15.1. The van der Waals surface area contributed by atoms with E-state index in [0.717, 1.165) is 30.4 Å². The Morgan fingerprint density at radius 2 is 1.80 bits per heavy atom. The van der Waals surface area contributed by atoms with Crippen LogP contribution < -0.4 is 25.8 Å². The number of pyridine rings is 1. The second-order valence-electron chi connectivity index (χ2n) is 14.7. The number of H-pyrrole nitrogens is 1. The van der Waals surface area contributed by atoms with Crippen LogP contribution in [0.25, 0.3) is 22.0 Å². The summed E-state index contributed by atoms with van der Waals surface area (Å²) >= 11 is 6.81. The lowest BCUT2D eigenvalue weighted by atomic mass is 9.85. The molecule has 0 aliphatic carbocycles. The molecule has 0 bridgehead atoms. The minimum Gasteiger partial charge on any atom is -0.496 e. The molecule has 2 saturated heterocycles. The van der Waals surface area contributed by atoms with Crippen molar-refractivity contribution >= 4 is 51.6 Å². The van der Waals surface area contributed by atoms with Crippen LogP contribution in [0, 0.1) is 17.6 Å². The molecular formula is C41H40ClF2N7O5. The van der Waals surface area contributed by atoms with Crippen LogP contribution in [0.4, 0.5) is 20.2 Å². The van der Waals surface area contributed by atoms with Crippen molar-refractivity contribution in [3.05, 3.63) is 104 Å². The maximum Gasteiger partial charge on any atom is 0.276 e. The number of aromatic nitrogens is 3. The quantitative estimate of drug-likeness (QED) is 0.169. The molecule has 5 aromatic rings. The molecule has 3 aliphatic rings. The van der Waals surface area contributed by atoms with Crippen molar-refractivity contribution in [2.24, 2.45) is 13.0 Å². The van der Waals surface area contributed by atoms with E-state index in [1.165, 1.54) is 23.8 Å². The first-order valence-corrected chi connectivity index (χ1v) is 19.0. The molecule has 3 amide bonds. The Bertz CT molecular complexity index is 2460. The van der Waals surface area contributed by atoms with E-state index < -0.39 is 11.9 Å². The van der Waals surface area contributed by atoms with E-state index in [4.69, 9.17) is 16.3 Å². The van der Waals surface area contributed by atoms with Crippen LogP contribution >= 0.6 is 11.6 Å².